The Hall–Kier alpha value is -3.80. The standard InChI is InChI=1S/C31H35Cl2N9O2/c1-3-23(34)21-5-4-6-27(24-13-19(9-11-35-24)30-25(37-31(21)44)16-36-40(30)2)41-12-10-18(14-29(41)43)22-15-20(32)7-8-26(22)42-17-28(33)38-39-42/h9,11,13-17,21,23,27H,3-8,10,12,34H2,1-2H3,(H,37,44)/t21-,23?,27-/m0/s1. The van der Waals surface area contributed by atoms with Gasteiger partial charge in [-0.05, 0) is 62.3 Å². The first-order valence-electron chi connectivity index (χ1n) is 15.0. The monoisotopic (exact) mass is 635 g/mol. The highest BCUT2D eigenvalue weighted by atomic mass is 35.5. The largest absolute Gasteiger partial charge is 0.330 e. The van der Waals surface area contributed by atoms with Crippen molar-refractivity contribution >= 4 is 46.4 Å². The van der Waals surface area contributed by atoms with Crippen LogP contribution in [0.4, 0.5) is 5.69 Å². The number of aryl methyl sites for hydroxylation is 1. The molecule has 2 aliphatic heterocycles. The van der Waals surface area contributed by atoms with Gasteiger partial charge >= 0.3 is 0 Å². The normalized spacial score (nSPS) is 22.0. The van der Waals surface area contributed by atoms with E-state index in [0.717, 1.165) is 38.8 Å². The molecule has 13 heteroatoms. The lowest BCUT2D eigenvalue weighted by Gasteiger charge is -2.35. The van der Waals surface area contributed by atoms with E-state index < -0.39 is 0 Å². The van der Waals surface area contributed by atoms with Crippen LogP contribution in [0.3, 0.4) is 0 Å². The van der Waals surface area contributed by atoms with Crippen molar-refractivity contribution in [2.24, 2.45) is 18.7 Å². The smallest absolute Gasteiger partial charge is 0.247 e. The molecule has 0 saturated carbocycles. The second-order valence-corrected chi connectivity index (χ2v) is 12.4. The van der Waals surface area contributed by atoms with Gasteiger partial charge in [0.15, 0.2) is 5.15 Å². The highest BCUT2D eigenvalue weighted by molar-refractivity contribution is 6.30. The molecule has 11 nitrogen and oxygen atoms in total. The van der Waals surface area contributed by atoms with Crippen LogP contribution in [0.2, 0.25) is 5.15 Å². The predicted octanol–water partition coefficient (Wildman–Crippen LogP) is 5.23. The molecule has 3 atom stereocenters. The maximum atomic E-state index is 13.9. The Kier molecular flexibility index (Phi) is 8.70. The Balaban J connectivity index is 1.37. The van der Waals surface area contributed by atoms with Crippen LogP contribution < -0.4 is 11.1 Å². The highest BCUT2D eigenvalue weighted by Crippen LogP contribution is 2.39. The van der Waals surface area contributed by atoms with Crippen LogP contribution >= 0.6 is 23.2 Å². The van der Waals surface area contributed by atoms with Crippen LogP contribution in [-0.2, 0) is 16.6 Å². The maximum absolute atomic E-state index is 13.9. The fourth-order valence-electron chi connectivity index (χ4n) is 6.45. The van der Waals surface area contributed by atoms with Gasteiger partial charge in [0.2, 0.25) is 11.8 Å². The number of carbonyl (C=O) groups excluding carboxylic acids is 2. The number of nitrogens with one attached hydrogen (secondary N) is 1. The van der Waals surface area contributed by atoms with Crippen molar-refractivity contribution in [3.63, 3.8) is 0 Å². The van der Waals surface area contributed by atoms with Crippen molar-refractivity contribution in [1.82, 2.24) is 34.7 Å². The topological polar surface area (TPSA) is 137 Å². The third kappa shape index (κ3) is 5.96. The van der Waals surface area contributed by atoms with Gasteiger partial charge in [-0.25, -0.2) is 4.68 Å². The van der Waals surface area contributed by atoms with Crippen molar-refractivity contribution < 1.29 is 9.59 Å². The Morgan fingerprint density at radius 1 is 1.16 bits per heavy atom. The summed E-state index contributed by atoms with van der Waals surface area (Å²) in [5.74, 6) is -0.588. The highest BCUT2D eigenvalue weighted by Gasteiger charge is 2.33. The van der Waals surface area contributed by atoms with Crippen LogP contribution in [0, 0.1) is 5.92 Å². The SMILES string of the molecule is CCC(N)[C@@H]1CCC[C@H](N2CCC(C3=C(n4cc(Cl)nn4)CCC(Cl)=C3)=CC2=O)c2cc(ccn2)-c2c(cnn2C)NC1=O. The van der Waals surface area contributed by atoms with Crippen molar-refractivity contribution in [3.8, 4) is 11.3 Å². The molecule has 3 aromatic heterocycles. The summed E-state index contributed by atoms with van der Waals surface area (Å²) in [6.45, 7) is 2.49. The first kappa shape index (κ1) is 30.2. The number of carbonyl (C=O) groups is 2. The number of fused-ring (bicyclic) bond motifs is 4. The summed E-state index contributed by atoms with van der Waals surface area (Å²) >= 11 is 12.5. The van der Waals surface area contributed by atoms with Gasteiger partial charge in [-0.1, -0.05) is 41.8 Å². The molecule has 0 aromatic carbocycles. The predicted molar refractivity (Wildman–Crippen MR) is 169 cm³/mol. The number of nitrogens with zero attached hydrogens (tertiary/aromatic N) is 7. The number of amides is 2. The first-order chi connectivity index (χ1) is 21.2. The fourth-order valence-corrected chi connectivity index (χ4v) is 6.78. The van der Waals surface area contributed by atoms with Crippen molar-refractivity contribution in [2.75, 3.05) is 11.9 Å². The molecule has 1 aliphatic carbocycles. The molecule has 3 aliphatic rings. The average molecular weight is 637 g/mol. The van der Waals surface area contributed by atoms with Gasteiger partial charge in [0.25, 0.3) is 0 Å². The molecule has 2 bridgehead atoms. The summed E-state index contributed by atoms with van der Waals surface area (Å²) in [7, 11) is 1.84. The Labute approximate surface area is 265 Å². The lowest BCUT2D eigenvalue weighted by Crippen LogP contribution is -2.40. The number of aromatic nitrogens is 6. The Morgan fingerprint density at radius 3 is 2.75 bits per heavy atom. The van der Waals surface area contributed by atoms with Crippen LogP contribution in [0.1, 0.15) is 63.6 Å². The average Bonchev–Trinajstić information content (AvgIpc) is 3.61. The minimum Gasteiger partial charge on any atom is -0.330 e. The lowest BCUT2D eigenvalue weighted by molar-refractivity contribution is -0.129. The molecule has 44 heavy (non-hydrogen) atoms. The molecular weight excluding hydrogens is 601 g/mol. The van der Waals surface area contributed by atoms with E-state index in [9.17, 15) is 9.59 Å². The van der Waals surface area contributed by atoms with Crippen molar-refractivity contribution in [2.45, 2.75) is 64.0 Å². The van der Waals surface area contributed by atoms with Crippen LogP contribution in [0.25, 0.3) is 17.0 Å². The molecule has 3 N–H and O–H groups in total. The van der Waals surface area contributed by atoms with Gasteiger partial charge in [0.1, 0.15) is 0 Å². The molecule has 1 unspecified atom stereocenters. The molecule has 6 rings (SSSR count). The van der Waals surface area contributed by atoms with E-state index in [-0.39, 0.29) is 29.8 Å². The van der Waals surface area contributed by atoms with E-state index in [1.165, 1.54) is 0 Å². The zero-order valence-corrected chi connectivity index (χ0v) is 26.2. The van der Waals surface area contributed by atoms with E-state index in [4.69, 9.17) is 33.9 Å². The quantitative estimate of drug-likeness (QED) is 0.391. The molecular formula is C31H35Cl2N9O2. The minimum atomic E-state index is -0.374. The number of allylic oxidation sites excluding steroid dienone is 4. The van der Waals surface area contributed by atoms with Crippen LogP contribution in [-0.4, -0.2) is 59.1 Å². The summed E-state index contributed by atoms with van der Waals surface area (Å²) in [5, 5.41) is 16.6. The van der Waals surface area contributed by atoms with Gasteiger partial charge in [-0.3, -0.25) is 19.3 Å². The second kappa shape index (κ2) is 12.7. The summed E-state index contributed by atoms with van der Waals surface area (Å²) in [5.41, 5.74) is 12.2. The number of hydrogen-bond donors (Lipinski definition) is 2. The summed E-state index contributed by atoms with van der Waals surface area (Å²) in [6, 6.07) is 3.33. The molecule has 3 aromatic rings. The molecule has 5 heterocycles. The van der Waals surface area contributed by atoms with Gasteiger partial charge in [-0.15, -0.1) is 5.10 Å². The van der Waals surface area contributed by atoms with Gasteiger partial charge < -0.3 is 16.0 Å². The second-order valence-electron chi connectivity index (χ2n) is 11.5. The number of hydrogen-bond acceptors (Lipinski definition) is 7. The van der Waals surface area contributed by atoms with E-state index in [1.807, 2.05) is 37.1 Å². The molecule has 230 valence electrons. The zero-order chi connectivity index (χ0) is 31.0. The number of pyridine rings is 1. The van der Waals surface area contributed by atoms with Crippen LogP contribution in [0.5, 0.6) is 0 Å². The van der Waals surface area contributed by atoms with E-state index in [0.29, 0.717) is 62.3 Å². The summed E-state index contributed by atoms with van der Waals surface area (Å²) in [4.78, 5) is 34.0. The van der Waals surface area contributed by atoms with Crippen molar-refractivity contribution in [3.05, 3.63) is 69.9 Å². The third-order valence-electron chi connectivity index (χ3n) is 8.79. The summed E-state index contributed by atoms with van der Waals surface area (Å²) < 4.78 is 3.40. The summed E-state index contributed by atoms with van der Waals surface area (Å²) in [6.07, 6.45) is 13.3. The Morgan fingerprint density at radius 2 is 2.00 bits per heavy atom. The first-order valence-corrected chi connectivity index (χ1v) is 15.7. The zero-order valence-electron chi connectivity index (χ0n) is 24.7. The van der Waals surface area contributed by atoms with E-state index in [2.05, 4.69) is 20.7 Å². The molecule has 0 fully saturated rings. The molecule has 0 radical (unpaired) electrons. The van der Waals surface area contributed by atoms with E-state index in [1.54, 1.807) is 34.0 Å². The third-order valence-corrected chi connectivity index (χ3v) is 9.26. The molecule has 0 spiro atoms. The molecule has 0 saturated heterocycles. The Bertz CT molecular complexity index is 1690. The number of nitrogens with two attached hydrogens (primary N) is 1. The van der Waals surface area contributed by atoms with Gasteiger partial charge in [0.05, 0.1) is 47.1 Å². The minimum absolute atomic E-state index is 0.102. The molecule has 2 amide bonds. The maximum Gasteiger partial charge on any atom is 0.247 e. The van der Waals surface area contributed by atoms with Gasteiger partial charge in [0, 0.05) is 48.1 Å². The van der Waals surface area contributed by atoms with E-state index >= 15 is 0 Å². The number of halogens is 2. The van der Waals surface area contributed by atoms with Crippen molar-refractivity contribution in [1.29, 1.82) is 0 Å². The van der Waals surface area contributed by atoms with Crippen LogP contribution in [0.15, 0.2) is 59.1 Å². The lowest BCUT2D eigenvalue weighted by atomic mass is 9.88. The number of rotatable bonds is 5. The van der Waals surface area contributed by atoms with Gasteiger partial charge in [-0.2, -0.15) is 5.10 Å². The number of anilines is 1. The fraction of sp³-hybridized carbons (Fsp3) is 0.419.